The Labute approximate surface area is 138 Å². The molecule has 2 atom stereocenters. The van der Waals surface area contributed by atoms with Crippen molar-refractivity contribution in [2.24, 2.45) is 5.41 Å². The van der Waals surface area contributed by atoms with Crippen LogP contribution in [0, 0.1) is 5.41 Å². The van der Waals surface area contributed by atoms with Gasteiger partial charge in [0.1, 0.15) is 5.78 Å². The molecular formula is C19H27NO3. The SMILES string of the molecule is COc1ccc([C@H]2CNC[C@@]2(C)C(C)=O)cc1OC1CCCC1. The van der Waals surface area contributed by atoms with Gasteiger partial charge < -0.3 is 14.8 Å². The summed E-state index contributed by atoms with van der Waals surface area (Å²) in [6, 6.07) is 6.12. The molecule has 4 heteroatoms. The quantitative estimate of drug-likeness (QED) is 0.905. The lowest BCUT2D eigenvalue weighted by Crippen LogP contribution is -2.32. The Morgan fingerprint density at radius 3 is 2.65 bits per heavy atom. The van der Waals surface area contributed by atoms with E-state index in [1.165, 1.54) is 12.8 Å². The molecule has 1 N–H and O–H groups in total. The predicted octanol–water partition coefficient (Wildman–Crippen LogP) is 3.30. The number of benzene rings is 1. The van der Waals surface area contributed by atoms with Gasteiger partial charge >= 0.3 is 0 Å². The van der Waals surface area contributed by atoms with Crippen LogP contribution in [0.25, 0.3) is 0 Å². The van der Waals surface area contributed by atoms with Crippen molar-refractivity contribution >= 4 is 5.78 Å². The van der Waals surface area contributed by atoms with Crippen LogP contribution in [0.4, 0.5) is 0 Å². The van der Waals surface area contributed by atoms with Crippen LogP contribution in [-0.2, 0) is 4.79 Å². The Balaban J connectivity index is 1.89. The van der Waals surface area contributed by atoms with Crippen LogP contribution in [0.5, 0.6) is 11.5 Å². The highest BCUT2D eigenvalue weighted by Gasteiger charge is 2.43. The lowest BCUT2D eigenvalue weighted by molar-refractivity contribution is -0.125. The normalized spacial score (nSPS) is 28.0. The molecule has 1 heterocycles. The van der Waals surface area contributed by atoms with Crippen LogP contribution in [0.15, 0.2) is 18.2 Å². The number of carbonyl (C=O) groups is 1. The van der Waals surface area contributed by atoms with E-state index < -0.39 is 0 Å². The minimum atomic E-state index is -0.348. The third-order valence-corrected chi connectivity index (χ3v) is 5.60. The zero-order valence-corrected chi connectivity index (χ0v) is 14.4. The summed E-state index contributed by atoms with van der Waals surface area (Å²) in [4.78, 5) is 12.1. The van der Waals surface area contributed by atoms with E-state index in [1.54, 1.807) is 14.0 Å². The Bertz CT molecular complexity index is 580. The zero-order valence-electron chi connectivity index (χ0n) is 14.4. The Morgan fingerprint density at radius 2 is 2.00 bits per heavy atom. The maximum atomic E-state index is 12.1. The summed E-state index contributed by atoms with van der Waals surface area (Å²) < 4.78 is 11.7. The third kappa shape index (κ3) is 3.09. The van der Waals surface area contributed by atoms with Crippen LogP contribution in [0.2, 0.25) is 0 Å². The molecule has 1 saturated carbocycles. The highest BCUT2D eigenvalue weighted by Crippen LogP contribution is 2.42. The van der Waals surface area contributed by atoms with Gasteiger partial charge in [-0.2, -0.15) is 0 Å². The molecular weight excluding hydrogens is 290 g/mol. The molecule has 0 unspecified atom stereocenters. The van der Waals surface area contributed by atoms with Gasteiger partial charge in [-0.3, -0.25) is 4.79 Å². The first-order chi connectivity index (χ1) is 11.0. The van der Waals surface area contributed by atoms with Crippen LogP contribution >= 0.6 is 0 Å². The van der Waals surface area contributed by atoms with Gasteiger partial charge in [-0.05, 0) is 50.3 Å². The van der Waals surface area contributed by atoms with Crippen LogP contribution in [0.1, 0.15) is 51.0 Å². The van der Waals surface area contributed by atoms with Crippen molar-refractivity contribution in [2.45, 2.75) is 51.6 Å². The molecule has 1 aliphatic carbocycles. The minimum absolute atomic E-state index is 0.178. The number of ketones is 1. The van der Waals surface area contributed by atoms with E-state index in [0.29, 0.717) is 6.10 Å². The first-order valence-corrected chi connectivity index (χ1v) is 8.61. The third-order valence-electron chi connectivity index (χ3n) is 5.60. The fourth-order valence-corrected chi connectivity index (χ4v) is 3.87. The highest BCUT2D eigenvalue weighted by molar-refractivity contribution is 5.84. The van der Waals surface area contributed by atoms with E-state index in [0.717, 1.165) is 43.0 Å². The minimum Gasteiger partial charge on any atom is -0.493 e. The van der Waals surface area contributed by atoms with Crippen molar-refractivity contribution in [3.05, 3.63) is 23.8 Å². The molecule has 1 aliphatic heterocycles. The highest BCUT2D eigenvalue weighted by atomic mass is 16.5. The van der Waals surface area contributed by atoms with Crippen molar-refractivity contribution in [1.29, 1.82) is 0 Å². The lowest BCUT2D eigenvalue weighted by atomic mass is 9.73. The number of methoxy groups -OCH3 is 1. The lowest BCUT2D eigenvalue weighted by Gasteiger charge is -2.28. The maximum absolute atomic E-state index is 12.1. The molecule has 2 aliphatic rings. The first-order valence-electron chi connectivity index (χ1n) is 8.61. The van der Waals surface area contributed by atoms with Gasteiger partial charge in [-0.15, -0.1) is 0 Å². The number of carbonyl (C=O) groups excluding carboxylic acids is 1. The molecule has 0 radical (unpaired) electrons. The number of hydrogen-bond acceptors (Lipinski definition) is 4. The van der Waals surface area contributed by atoms with Crippen molar-refractivity contribution in [3.8, 4) is 11.5 Å². The van der Waals surface area contributed by atoms with Crippen molar-refractivity contribution in [3.63, 3.8) is 0 Å². The fourth-order valence-electron chi connectivity index (χ4n) is 3.87. The number of rotatable bonds is 5. The van der Waals surface area contributed by atoms with E-state index >= 15 is 0 Å². The van der Waals surface area contributed by atoms with Gasteiger partial charge in [0, 0.05) is 24.4 Å². The average Bonchev–Trinajstić information content (AvgIpc) is 3.17. The van der Waals surface area contributed by atoms with Crippen molar-refractivity contribution < 1.29 is 14.3 Å². The summed E-state index contributed by atoms with van der Waals surface area (Å²) in [5, 5.41) is 3.37. The molecule has 3 rings (SSSR count). The van der Waals surface area contributed by atoms with Gasteiger partial charge in [0.05, 0.1) is 13.2 Å². The Kier molecular flexibility index (Phi) is 4.62. The van der Waals surface area contributed by atoms with Gasteiger partial charge in [-0.25, -0.2) is 0 Å². The first kappa shape index (κ1) is 16.3. The molecule has 0 aromatic heterocycles. The van der Waals surface area contributed by atoms with E-state index in [-0.39, 0.29) is 17.1 Å². The van der Waals surface area contributed by atoms with Crippen LogP contribution < -0.4 is 14.8 Å². The van der Waals surface area contributed by atoms with E-state index in [9.17, 15) is 4.79 Å². The van der Waals surface area contributed by atoms with Crippen molar-refractivity contribution in [1.82, 2.24) is 5.32 Å². The molecule has 1 aromatic rings. The fraction of sp³-hybridized carbons (Fsp3) is 0.632. The molecule has 1 aromatic carbocycles. The smallest absolute Gasteiger partial charge is 0.161 e. The van der Waals surface area contributed by atoms with Gasteiger partial charge in [0.15, 0.2) is 11.5 Å². The molecule has 4 nitrogen and oxygen atoms in total. The molecule has 23 heavy (non-hydrogen) atoms. The van der Waals surface area contributed by atoms with Crippen LogP contribution in [-0.4, -0.2) is 32.1 Å². The van der Waals surface area contributed by atoms with Gasteiger partial charge in [0.2, 0.25) is 0 Å². The summed E-state index contributed by atoms with van der Waals surface area (Å²) >= 11 is 0. The van der Waals surface area contributed by atoms with Gasteiger partial charge in [0.25, 0.3) is 0 Å². The summed E-state index contributed by atoms with van der Waals surface area (Å²) in [6.07, 6.45) is 5.00. The van der Waals surface area contributed by atoms with E-state index in [1.807, 2.05) is 6.07 Å². The summed E-state index contributed by atoms with van der Waals surface area (Å²) in [6.45, 7) is 5.31. The monoisotopic (exact) mass is 317 g/mol. The molecule has 2 fully saturated rings. The number of hydrogen-bond donors (Lipinski definition) is 1. The Morgan fingerprint density at radius 1 is 1.26 bits per heavy atom. The summed E-state index contributed by atoms with van der Waals surface area (Å²) in [7, 11) is 1.67. The second-order valence-corrected chi connectivity index (χ2v) is 7.09. The number of ether oxygens (including phenoxy) is 2. The largest absolute Gasteiger partial charge is 0.493 e. The predicted molar refractivity (Wildman–Crippen MR) is 90.3 cm³/mol. The molecule has 1 saturated heterocycles. The molecule has 0 amide bonds. The van der Waals surface area contributed by atoms with Crippen molar-refractivity contribution in [2.75, 3.05) is 20.2 Å². The number of nitrogens with one attached hydrogen (secondary N) is 1. The summed E-state index contributed by atoms with van der Waals surface area (Å²) in [5.41, 5.74) is 0.806. The Hall–Kier alpha value is -1.55. The molecule has 0 bridgehead atoms. The number of Topliss-reactive ketones (excluding diaryl/α,β-unsaturated/α-hetero) is 1. The van der Waals surface area contributed by atoms with E-state index in [2.05, 4.69) is 24.4 Å². The molecule has 0 spiro atoms. The second-order valence-electron chi connectivity index (χ2n) is 7.09. The second kappa shape index (κ2) is 6.52. The van der Waals surface area contributed by atoms with Crippen LogP contribution in [0.3, 0.4) is 0 Å². The zero-order chi connectivity index (χ0) is 16.4. The average molecular weight is 317 g/mol. The maximum Gasteiger partial charge on any atom is 0.161 e. The topological polar surface area (TPSA) is 47.6 Å². The summed E-state index contributed by atoms with van der Waals surface area (Å²) in [5.74, 6) is 2.00. The van der Waals surface area contributed by atoms with E-state index in [4.69, 9.17) is 9.47 Å². The van der Waals surface area contributed by atoms with Gasteiger partial charge in [-0.1, -0.05) is 13.0 Å². The standard InChI is InChI=1S/C19H27NO3/c1-13(21)19(2)12-20-11-16(19)14-8-9-17(22-3)18(10-14)23-15-6-4-5-7-15/h8-10,15-16,20H,4-7,11-12H2,1-3H3/t16-,19+/m1/s1. The molecule has 126 valence electrons.